The van der Waals surface area contributed by atoms with E-state index < -0.39 is 5.82 Å². The number of para-hydroxylation sites is 1. The Balaban J connectivity index is 1.54. The van der Waals surface area contributed by atoms with E-state index in [9.17, 15) is 14.0 Å². The second kappa shape index (κ2) is 9.35. The van der Waals surface area contributed by atoms with Gasteiger partial charge in [-0.3, -0.25) is 14.5 Å². The van der Waals surface area contributed by atoms with Crippen LogP contribution in [0.25, 0.3) is 0 Å². The van der Waals surface area contributed by atoms with Crippen LogP contribution in [0.4, 0.5) is 15.8 Å². The molecule has 6 heteroatoms. The molecule has 0 saturated carbocycles. The number of nitrogens with zero attached hydrogens (tertiary/aromatic N) is 1. The van der Waals surface area contributed by atoms with Gasteiger partial charge in [0, 0.05) is 16.9 Å². The van der Waals surface area contributed by atoms with Gasteiger partial charge in [-0.15, -0.1) is 11.8 Å². The highest BCUT2D eigenvalue weighted by molar-refractivity contribution is 8.00. The second-order valence-corrected chi connectivity index (χ2v) is 8.46. The van der Waals surface area contributed by atoms with Crippen LogP contribution in [0.15, 0.2) is 72.8 Å². The zero-order chi connectivity index (χ0) is 21.8. The summed E-state index contributed by atoms with van der Waals surface area (Å²) in [4.78, 5) is 27.0. The van der Waals surface area contributed by atoms with Gasteiger partial charge in [0.05, 0.1) is 5.75 Å². The van der Waals surface area contributed by atoms with Crippen molar-refractivity contribution in [3.8, 4) is 0 Å². The second-order valence-electron chi connectivity index (χ2n) is 7.39. The SMILES string of the molecule is CCCc1ccccc1N1C(=O)CS[C@@H]1c1ccc(NC(=O)c2cccc(F)c2)cc1. The number of benzene rings is 3. The molecule has 4 nitrogen and oxygen atoms in total. The van der Waals surface area contributed by atoms with Crippen molar-refractivity contribution < 1.29 is 14.0 Å². The Hall–Kier alpha value is -3.12. The van der Waals surface area contributed by atoms with Crippen LogP contribution >= 0.6 is 11.8 Å². The molecule has 1 aliphatic rings. The molecule has 0 aliphatic carbocycles. The fourth-order valence-electron chi connectivity index (χ4n) is 3.72. The lowest BCUT2D eigenvalue weighted by atomic mass is 10.1. The third kappa shape index (κ3) is 4.64. The molecule has 2 amide bonds. The van der Waals surface area contributed by atoms with E-state index in [-0.39, 0.29) is 22.8 Å². The highest BCUT2D eigenvalue weighted by atomic mass is 32.2. The van der Waals surface area contributed by atoms with Gasteiger partial charge in [-0.2, -0.15) is 0 Å². The van der Waals surface area contributed by atoms with Gasteiger partial charge in [0.15, 0.2) is 0 Å². The number of hydrogen-bond acceptors (Lipinski definition) is 3. The maximum absolute atomic E-state index is 13.4. The van der Waals surface area contributed by atoms with Crippen LogP contribution in [0.2, 0.25) is 0 Å². The van der Waals surface area contributed by atoms with Crippen molar-refractivity contribution in [1.82, 2.24) is 0 Å². The van der Waals surface area contributed by atoms with Gasteiger partial charge in [-0.25, -0.2) is 4.39 Å². The Morgan fingerprint density at radius 3 is 2.61 bits per heavy atom. The summed E-state index contributed by atoms with van der Waals surface area (Å²) < 4.78 is 13.4. The van der Waals surface area contributed by atoms with Gasteiger partial charge >= 0.3 is 0 Å². The first-order valence-electron chi connectivity index (χ1n) is 10.2. The summed E-state index contributed by atoms with van der Waals surface area (Å²) in [6, 6.07) is 21.1. The minimum Gasteiger partial charge on any atom is -0.322 e. The van der Waals surface area contributed by atoms with Crippen LogP contribution in [0.5, 0.6) is 0 Å². The van der Waals surface area contributed by atoms with Crippen LogP contribution in [-0.2, 0) is 11.2 Å². The molecule has 0 bridgehead atoms. The Morgan fingerprint density at radius 2 is 1.87 bits per heavy atom. The number of carbonyl (C=O) groups is 2. The van der Waals surface area contributed by atoms with Crippen molar-refractivity contribution >= 4 is 35.0 Å². The fourth-order valence-corrected chi connectivity index (χ4v) is 4.89. The molecule has 1 fully saturated rings. The lowest BCUT2D eigenvalue weighted by Crippen LogP contribution is -2.28. The molecule has 0 spiro atoms. The van der Waals surface area contributed by atoms with E-state index in [0.29, 0.717) is 11.4 Å². The summed E-state index contributed by atoms with van der Waals surface area (Å²) >= 11 is 1.60. The van der Waals surface area contributed by atoms with Gasteiger partial charge in [-0.05, 0) is 53.9 Å². The Labute approximate surface area is 185 Å². The van der Waals surface area contributed by atoms with Gasteiger partial charge in [-0.1, -0.05) is 49.7 Å². The average molecular weight is 435 g/mol. The van der Waals surface area contributed by atoms with Gasteiger partial charge < -0.3 is 5.32 Å². The highest BCUT2D eigenvalue weighted by Gasteiger charge is 2.34. The summed E-state index contributed by atoms with van der Waals surface area (Å²) in [7, 11) is 0. The molecule has 0 aromatic heterocycles. The van der Waals surface area contributed by atoms with Crippen molar-refractivity contribution in [2.24, 2.45) is 0 Å². The maximum atomic E-state index is 13.4. The van der Waals surface area contributed by atoms with E-state index >= 15 is 0 Å². The Kier molecular flexibility index (Phi) is 6.37. The summed E-state index contributed by atoms with van der Waals surface area (Å²) in [6.07, 6.45) is 1.93. The smallest absolute Gasteiger partial charge is 0.255 e. The molecule has 1 atom stereocenters. The zero-order valence-corrected chi connectivity index (χ0v) is 18.0. The van der Waals surface area contributed by atoms with Gasteiger partial charge in [0.25, 0.3) is 5.91 Å². The Bertz CT molecular complexity index is 1100. The van der Waals surface area contributed by atoms with Crippen LogP contribution < -0.4 is 10.2 Å². The number of anilines is 2. The maximum Gasteiger partial charge on any atom is 0.255 e. The van der Waals surface area contributed by atoms with Gasteiger partial charge in [0.2, 0.25) is 5.91 Å². The van der Waals surface area contributed by atoms with E-state index in [2.05, 4.69) is 18.3 Å². The highest BCUT2D eigenvalue weighted by Crippen LogP contribution is 2.43. The molecule has 31 heavy (non-hydrogen) atoms. The van der Waals surface area contributed by atoms with E-state index in [4.69, 9.17) is 0 Å². The first-order valence-corrected chi connectivity index (χ1v) is 11.3. The minimum absolute atomic E-state index is 0.0991. The number of nitrogens with one attached hydrogen (secondary N) is 1. The predicted molar refractivity (Wildman–Crippen MR) is 124 cm³/mol. The fraction of sp³-hybridized carbons (Fsp3) is 0.200. The lowest BCUT2D eigenvalue weighted by molar-refractivity contribution is -0.115. The molecule has 158 valence electrons. The van der Waals surface area contributed by atoms with Crippen molar-refractivity contribution in [3.05, 3.63) is 95.3 Å². The van der Waals surface area contributed by atoms with E-state index in [0.717, 1.165) is 24.1 Å². The van der Waals surface area contributed by atoms with Crippen LogP contribution in [-0.4, -0.2) is 17.6 Å². The van der Waals surface area contributed by atoms with Crippen LogP contribution in [0.3, 0.4) is 0 Å². The quantitative estimate of drug-likeness (QED) is 0.533. The third-order valence-corrected chi connectivity index (χ3v) is 6.39. The largest absolute Gasteiger partial charge is 0.322 e. The molecule has 0 radical (unpaired) electrons. The number of carbonyl (C=O) groups excluding carboxylic acids is 2. The van der Waals surface area contributed by atoms with Crippen LogP contribution in [0.1, 0.15) is 40.2 Å². The molecule has 3 aromatic carbocycles. The molecule has 4 rings (SSSR count). The summed E-state index contributed by atoms with van der Waals surface area (Å²) in [5.41, 5.74) is 4.01. The average Bonchev–Trinajstić information content (AvgIpc) is 3.16. The van der Waals surface area contributed by atoms with E-state index in [1.807, 2.05) is 47.4 Å². The van der Waals surface area contributed by atoms with Crippen molar-refractivity contribution in [2.45, 2.75) is 25.1 Å². The van der Waals surface area contributed by atoms with Crippen molar-refractivity contribution in [1.29, 1.82) is 0 Å². The summed E-state index contributed by atoms with van der Waals surface area (Å²) in [5, 5.41) is 2.68. The predicted octanol–water partition coefficient (Wildman–Crippen LogP) is 5.81. The number of amides is 2. The summed E-state index contributed by atoms with van der Waals surface area (Å²) in [5.74, 6) is -0.285. The number of rotatable bonds is 6. The molecule has 3 aromatic rings. The van der Waals surface area contributed by atoms with Gasteiger partial charge in [0.1, 0.15) is 11.2 Å². The zero-order valence-electron chi connectivity index (χ0n) is 17.2. The Morgan fingerprint density at radius 1 is 1.10 bits per heavy atom. The molecular weight excluding hydrogens is 411 g/mol. The first-order chi connectivity index (χ1) is 15.1. The van der Waals surface area contributed by atoms with E-state index in [1.165, 1.54) is 23.8 Å². The number of thioether (sulfide) groups is 1. The van der Waals surface area contributed by atoms with Crippen molar-refractivity contribution in [3.63, 3.8) is 0 Å². The molecule has 1 saturated heterocycles. The monoisotopic (exact) mass is 434 g/mol. The van der Waals surface area contributed by atoms with Crippen molar-refractivity contribution in [2.75, 3.05) is 16.0 Å². The third-order valence-electron chi connectivity index (χ3n) is 5.18. The lowest BCUT2D eigenvalue weighted by Gasteiger charge is -2.26. The number of halogens is 1. The minimum atomic E-state index is -0.450. The topological polar surface area (TPSA) is 49.4 Å². The molecular formula is C25H23FN2O2S. The normalized spacial score (nSPS) is 15.9. The summed E-state index contributed by atoms with van der Waals surface area (Å²) in [6.45, 7) is 2.13. The first kappa shape index (κ1) is 21.1. The molecule has 1 aliphatic heterocycles. The molecule has 0 unspecified atom stereocenters. The molecule has 1 heterocycles. The number of hydrogen-bond donors (Lipinski definition) is 1. The molecule has 1 N–H and O–H groups in total. The van der Waals surface area contributed by atoms with Crippen LogP contribution in [0, 0.1) is 5.82 Å². The number of aryl methyl sites for hydroxylation is 1. The standard InChI is InChI=1S/C25H23FN2O2S/c1-2-6-17-7-3-4-10-22(17)28-23(29)16-31-25(28)18-11-13-21(14-12-18)27-24(30)19-8-5-9-20(26)15-19/h3-5,7-15,25H,2,6,16H2,1H3,(H,27,30)/t25-/m1/s1. The van der Waals surface area contributed by atoms with E-state index in [1.54, 1.807) is 17.8 Å².